The van der Waals surface area contributed by atoms with Crippen LogP contribution in [0.5, 0.6) is 0 Å². The first-order valence-electron chi connectivity index (χ1n) is 6.81. The molecule has 0 saturated carbocycles. The van der Waals surface area contributed by atoms with E-state index in [9.17, 15) is 10.1 Å². The number of benzene rings is 1. The number of halogens is 1. The van der Waals surface area contributed by atoms with Gasteiger partial charge in [0.25, 0.3) is 5.69 Å². The van der Waals surface area contributed by atoms with Crippen LogP contribution in [-0.2, 0) is 6.54 Å². The fourth-order valence-electron chi connectivity index (χ4n) is 2.15. The molecule has 0 bridgehead atoms. The largest absolute Gasteiger partial charge is 0.305 e. The molecule has 4 nitrogen and oxygen atoms in total. The Labute approximate surface area is 136 Å². The van der Waals surface area contributed by atoms with Gasteiger partial charge in [0.2, 0.25) is 0 Å². The molecule has 0 radical (unpaired) electrons. The van der Waals surface area contributed by atoms with Crippen LogP contribution in [0.25, 0.3) is 0 Å². The molecule has 1 aromatic heterocycles. The standard InChI is InChI=1S/C15H17BrN2O2S/c1-2-4-14(15-5-3-8-21-15)17-10-11-6-7-12(18(19)20)9-13(11)16/h3,5-9,14,17H,2,4,10H2,1H3. The molecule has 21 heavy (non-hydrogen) atoms. The zero-order valence-corrected chi connectivity index (χ0v) is 14.1. The van der Waals surface area contributed by atoms with Crippen LogP contribution in [0.3, 0.4) is 0 Å². The van der Waals surface area contributed by atoms with Gasteiger partial charge >= 0.3 is 0 Å². The molecule has 0 amide bonds. The first kappa shape index (κ1) is 16.1. The third-order valence-corrected chi connectivity index (χ3v) is 4.97. The van der Waals surface area contributed by atoms with E-state index < -0.39 is 0 Å². The van der Waals surface area contributed by atoms with E-state index in [4.69, 9.17) is 0 Å². The van der Waals surface area contributed by atoms with Crippen LogP contribution in [0, 0.1) is 10.1 Å². The number of nitrogens with zero attached hydrogens (tertiary/aromatic N) is 1. The van der Waals surface area contributed by atoms with Crippen molar-refractivity contribution in [2.75, 3.05) is 0 Å². The Morgan fingerprint density at radius 1 is 1.43 bits per heavy atom. The lowest BCUT2D eigenvalue weighted by Gasteiger charge is -2.17. The van der Waals surface area contributed by atoms with Crippen molar-refractivity contribution in [3.05, 3.63) is 60.7 Å². The first-order valence-corrected chi connectivity index (χ1v) is 8.48. The van der Waals surface area contributed by atoms with Gasteiger partial charge in [-0.15, -0.1) is 11.3 Å². The van der Waals surface area contributed by atoms with Crippen molar-refractivity contribution >= 4 is 33.0 Å². The Hall–Kier alpha value is -1.24. The van der Waals surface area contributed by atoms with E-state index in [0.29, 0.717) is 12.6 Å². The summed E-state index contributed by atoms with van der Waals surface area (Å²) in [7, 11) is 0. The van der Waals surface area contributed by atoms with Gasteiger partial charge in [-0.2, -0.15) is 0 Å². The average molecular weight is 369 g/mol. The molecule has 1 N–H and O–H groups in total. The third kappa shape index (κ3) is 4.36. The van der Waals surface area contributed by atoms with Crippen molar-refractivity contribution in [1.82, 2.24) is 5.32 Å². The highest BCUT2D eigenvalue weighted by Gasteiger charge is 2.13. The van der Waals surface area contributed by atoms with Gasteiger partial charge in [0.15, 0.2) is 0 Å². The third-order valence-electron chi connectivity index (χ3n) is 3.25. The Morgan fingerprint density at radius 3 is 2.81 bits per heavy atom. The zero-order chi connectivity index (χ0) is 15.2. The van der Waals surface area contributed by atoms with Gasteiger partial charge in [-0.05, 0) is 29.5 Å². The van der Waals surface area contributed by atoms with Crippen molar-refractivity contribution < 1.29 is 4.92 Å². The van der Waals surface area contributed by atoms with E-state index in [-0.39, 0.29) is 10.6 Å². The quantitative estimate of drug-likeness (QED) is 0.549. The van der Waals surface area contributed by atoms with Crippen molar-refractivity contribution in [1.29, 1.82) is 0 Å². The first-order chi connectivity index (χ1) is 10.1. The summed E-state index contributed by atoms with van der Waals surface area (Å²) in [6.07, 6.45) is 2.18. The number of thiophene rings is 1. The van der Waals surface area contributed by atoms with Gasteiger partial charge in [0.1, 0.15) is 0 Å². The van der Waals surface area contributed by atoms with E-state index in [1.165, 1.54) is 4.88 Å². The summed E-state index contributed by atoms with van der Waals surface area (Å²) >= 11 is 5.16. The van der Waals surface area contributed by atoms with E-state index >= 15 is 0 Å². The van der Waals surface area contributed by atoms with Crippen molar-refractivity contribution in [3.63, 3.8) is 0 Å². The van der Waals surface area contributed by atoms with Crippen molar-refractivity contribution in [2.24, 2.45) is 0 Å². The molecule has 0 saturated heterocycles. The monoisotopic (exact) mass is 368 g/mol. The smallest absolute Gasteiger partial charge is 0.270 e. The van der Waals surface area contributed by atoms with Crippen molar-refractivity contribution in [3.8, 4) is 0 Å². The van der Waals surface area contributed by atoms with Gasteiger partial charge < -0.3 is 5.32 Å². The SMILES string of the molecule is CCCC(NCc1ccc([N+](=O)[O-])cc1Br)c1cccs1. The van der Waals surface area contributed by atoms with Gasteiger partial charge in [-0.1, -0.05) is 35.3 Å². The summed E-state index contributed by atoms with van der Waals surface area (Å²) in [5.41, 5.74) is 1.13. The van der Waals surface area contributed by atoms with Crippen LogP contribution in [-0.4, -0.2) is 4.92 Å². The van der Waals surface area contributed by atoms with E-state index in [2.05, 4.69) is 45.7 Å². The summed E-state index contributed by atoms with van der Waals surface area (Å²) in [5.74, 6) is 0. The highest BCUT2D eigenvalue weighted by molar-refractivity contribution is 9.10. The minimum Gasteiger partial charge on any atom is -0.305 e. The number of hydrogen-bond acceptors (Lipinski definition) is 4. The number of nitrogens with one attached hydrogen (secondary N) is 1. The zero-order valence-electron chi connectivity index (χ0n) is 11.7. The highest BCUT2D eigenvalue weighted by Crippen LogP contribution is 2.26. The molecule has 6 heteroatoms. The molecule has 112 valence electrons. The summed E-state index contributed by atoms with van der Waals surface area (Å²) in [4.78, 5) is 11.7. The van der Waals surface area contributed by atoms with Crippen LogP contribution in [0.2, 0.25) is 0 Å². The Bertz CT molecular complexity index is 602. The van der Waals surface area contributed by atoms with Gasteiger partial charge in [0.05, 0.1) is 4.92 Å². The van der Waals surface area contributed by atoms with E-state index in [0.717, 1.165) is 22.9 Å². The molecule has 0 aliphatic rings. The summed E-state index contributed by atoms with van der Waals surface area (Å²) in [6.45, 7) is 2.85. The van der Waals surface area contributed by atoms with Crippen molar-refractivity contribution in [2.45, 2.75) is 32.4 Å². The molecule has 2 rings (SSSR count). The summed E-state index contributed by atoms with van der Waals surface area (Å²) < 4.78 is 0.769. The van der Waals surface area contributed by atoms with Gasteiger partial charge in [-0.3, -0.25) is 10.1 Å². The predicted molar refractivity (Wildman–Crippen MR) is 89.6 cm³/mol. The predicted octanol–water partition coefficient (Wildman–Crippen LogP) is 5.05. The average Bonchev–Trinajstić information content (AvgIpc) is 2.98. The second kappa shape index (κ2) is 7.68. The molecular formula is C15H17BrN2O2S. The highest BCUT2D eigenvalue weighted by atomic mass is 79.9. The molecule has 1 unspecified atom stereocenters. The number of rotatable bonds is 7. The molecule has 0 spiro atoms. The second-order valence-electron chi connectivity index (χ2n) is 4.77. The Kier molecular flexibility index (Phi) is 5.90. The van der Waals surface area contributed by atoms with Crippen LogP contribution in [0.1, 0.15) is 36.2 Å². The fourth-order valence-corrected chi connectivity index (χ4v) is 3.49. The molecule has 2 aromatic rings. The normalized spacial score (nSPS) is 12.3. The summed E-state index contributed by atoms with van der Waals surface area (Å²) in [6, 6.07) is 9.43. The Balaban J connectivity index is 2.05. The molecule has 1 atom stereocenters. The number of nitro groups is 1. The molecule has 0 aliphatic heterocycles. The van der Waals surface area contributed by atoms with E-state index in [1.54, 1.807) is 29.5 Å². The van der Waals surface area contributed by atoms with Crippen LogP contribution in [0.15, 0.2) is 40.2 Å². The maximum absolute atomic E-state index is 10.7. The van der Waals surface area contributed by atoms with Gasteiger partial charge in [0, 0.05) is 34.1 Å². The summed E-state index contributed by atoms with van der Waals surface area (Å²) in [5, 5.41) is 16.4. The number of non-ortho nitro benzene ring substituents is 1. The van der Waals surface area contributed by atoms with Crippen LogP contribution in [0.4, 0.5) is 5.69 Å². The number of hydrogen-bond donors (Lipinski definition) is 1. The molecule has 1 aromatic carbocycles. The Morgan fingerprint density at radius 2 is 2.24 bits per heavy atom. The van der Waals surface area contributed by atoms with Crippen LogP contribution < -0.4 is 5.32 Å². The molecule has 0 fully saturated rings. The maximum Gasteiger partial charge on any atom is 0.270 e. The molecular weight excluding hydrogens is 352 g/mol. The minimum atomic E-state index is -0.381. The second-order valence-corrected chi connectivity index (χ2v) is 6.60. The fraction of sp³-hybridized carbons (Fsp3) is 0.333. The van der Waals surface area contributed by atoms with E-state index in [1.807, 2.05) is 0 Å². The van der Waals surface area contributed by atoms with Gasteiger partial charge in [-0.25, -0.2) is 0 Å². The minimum absolute atomic E-state index is 0.106. The van der Waals surface area contributed by atoms with Crippen LogP contribution >= 0.6 is 27.3 Å². The molecule has 0 aliphatic carbocycles. The topological polar surface area (TPSA) is 55.2 Å². The lowest BCUT2D eigenvalue weighted by atomic mass is 10.1. The molecule has 1 heterocycles. The lowest BCUT2D eigenvalue weighted by Crippen LogP contribution is -2.20. The maximum atomic E-state index is 10.7. The lowest BCUT2D eigenvalue weighted by molar-refractivity contribution is -0.384. The number of nitro benzene ring substituents is 1.